The summed E-state index contributed by atoms with van der Waals surface area (Å²) in [5, 5.41) is 8.58. The van der Waals surface area contributed by atoms with Gasteiger partial charge in [-0.3, -0.25) is 19.5 Å². The zero-order valence-electron chi connectivity index (χ0n) is 14.6. The Morgan fingerprint density at radius 3 is 2.71 bits per heavy atom. The standard InChI is InChI=1S/C18H25N3O3/c1-4-17(5-2)12-18(21(24-3)16(17)23)8-6-13(7-9-18)15-14(11-22)10-19-20-15/h6,10-11H,4-5,7-9,12H2,1-3H3,(H,19,20). The minimum absolute atomic E-state index is 0.111. The first kappa shape index (κ1) is 16.9. The maximum Gasteiger partial charge on any atom is 0.252 e. The van der Waals surface area contributed by atoms with E-state index in [4.69, 9.17) is 4.84 Å². The molecule has 1 aliphatic heterocycles. The third kappa shape index (κ3) is 2.32. The van der Waals surface area contributed by atoms with E-state index in [0.717, 1.165) is 56.1 Å². The quantitative estimate of drug-likeness (QED) is 0.841. The number of aromatic amines is 1. The molecule has 1 amide bonds. The van der Waals surface area contributed by atoms with E-state index in [0.29, 0.717) is 5.56 Å². The molecular formula is C18H25N3O3. The molecule has 1 aromatic rings. The number of aldehydes is 1. The van der Waals surface area contributed by atoms with E-state index in [-0.39, 0.29) is 16.9 Å². The highest BCUT2D eigenvalue weighted by Crippen LogP contribution is 2.53. The third-order valence-electron chi connectivity index (χ3n) is 5.96. The fourth-order valence-electron chi connectivity index (χ4n) is 4.38. The largest absolute Gasteiger partial charge is 0.298 e. The molecule has 24 heavy (non-hydrogen) atoms. The Hall–Kier alpha value is -1.95. The highest BCUT2D eigenvalue weighted by atomic mass is 16.7. The fourth-order valence-corrected chi connectivity index (χ4v) is 4.38. The van der Waals surface area contributed by atoms with Gasteiger partial charge in [0.1, 0.15) is 0 Å². The maximum atomic E-state index is 12.9. The van der Waals surface area contributed by atoms with Gasteiger partial charge in [0.15, 0.2) is 6.29 Å². The van der Waals surface area contributed by atoms with E-state index < -0.39 is 0 Å². The highest BCUT2D eigenvalue weighted by Gasteiger charge is 2.58. The number of carbonyl (C=O) groups is 2. The Morgan fingerprint density at radius 1 is 1.42 bits per heavy atom. The molecule has 2 aliphatic rings. The molecule has 1 N–H and O–H groups in total. The summed E-state index contributed by atoms with van der Waals surface area (Å²) >= 11 is 0. The number of nitrogens with one attached hydrogen (secondary N) is 1. The molecule has 0 aromatic carbocycles. The van der Waals surface area contributed by atoms with Gasteiger partial charge in [0.2, 0.25) is 0 Å². The first-order chi connectivity index (χ1) is 11.6. The number of aromatic nitrogens is 2. The van der Waals surface area contributed by atoms with Crippen LogP contribution in [0.3, 0.4) is 0 Å². The Bertz CT molecular complexity index is 675. The van der Waals surface area contributed by atoms with Crippen LogP contribution >= 0.6 is 0 Å². The van der Waals surface area contributed by atoms with Crippen LogP contribution in [0.2, 0.25) is 0 Å². The minimum Gasteiger partial charge on any atom is -0.298 e. The van der Waals surface area contributed by atoms with Gasteiger partial charge >= 0.3 is 0 Å². The second kappa shape index (κ2) is 6.16. The van der Waals surface area contributed by atoms with E-state index in [2.05, 4.69) is 30.1 Å². The van der Waals surface area contributed by atoms with E-state index in [9.17, 15) is 9.59 Å². The Labute approximate surface area is 142 Å². The molecule has 1 atom stereocenters. The number of hydroxylamine groups is 2. The lowest BCUT2D eigenvalue weighted by Crippen LogP contribution is -2.46. The van der Waals surface area contributed by atoms with Crippen LogP contribution in [0.5, 0.6) is 0 Å². The van der Waals surface area contributed by atoms with Crippen molar-refractivity contribution in [2.75, 3.05) is 7.11 Å². The van der Waals surface area contributed by atoms with E-state index in [1.807, 2.05) is 0 Å². The number of H-pyrrole nitrogens is 1. The van der Waals surface area contributed by atoms with Gasteiger partial charge in [0.25, 0.3) is 5.91 Å². The summed E-state index contributed by atoms with van der Waals surface area (Å²) in [7, 11) is 1.58. The zero-order chi connectivity index (χ0) is 17.4. The monoisotopic (exact) mass is 331 g/mol. The number of carbonyl (C=O) groups excluding carboxylic acids is 2. The van der Waals surface area contributed by atoms with Crippen molar-refractivity contribution >= 4 is 17.8 Å². The molecule has 6 heteroatoms. The molecule has 1 spiro atoms. The second-order valence-corrected chi connectivity index (χ2v) is 6.91. The number of hydrogen-bond acceptors (Lipinski definition) is 4. The lowest BCUT2D eigenvalue weighted by atomic mass is 9.71. The van der Waals surface area contributed by atoms with E-state index in [1.165, 1.54) is 0 Å². The van der Waals surface area contributed by atoms with Crippen molar-refractivity contribution in [3.05, 3.63) is 23.5 Å². The first-order valence-corrected chi connectivity index (χ1v) is 8.63. The molecule has 3 rings (SSSR count). The van der Waals surface area contributed by atoms with Gasteiger partial charge in [0.05, 0.1) is 29.3 Å². The van der Waals surface area contributed by atoms with Gasteiger partial charge in [-0.2, -0.15) is 5.10 Å². The summed E-state index contributed by atoms with van der Waals surface area (Å²) in [6.45, 7) is 4.16. The normalized spacial score (nSPS) is 26.0. The third-order valence-corrected chi connectivity index (χ3v) is 5.96. The van der Waals surface area contributed by atoms with E-state index >= 15 is 0 Å². The van der Waals surface area contributed by atoms with Crippen molar-refractivity contribution in [2.24, 2.45) is 5.41 Å². The topological polar surface area (TPSA) is 75.3 Å². The Balaban J connectivity index is 1.91. The molecule has 1 fully saturated rings. The van der Waals surface area contributed by atoms with Crippen molar-refractivity contribution in [3.63, 3.8) is 0 Å². The zero-order valence-corrected chi connectivity index (χ0v) is 14.6. The predicted octanol–water partition coefficient (Wildman–Crippen LogP) is 3.13. The summed E-state index contributed by atoms with van der Waals surface area (Å²) in [6.07, 6.45) is 9.38. The van der Waals surface area contributed by atoms with Crippen molar-refractivity contribution < 1.29 is 14.4 Å². The molecule has 130 valence electrons. The lowest BCUT2D eigenvalue weighted by Gasteiger charge is -2.38. The van der Waals surface area contributed by atoms with Crippen LogP contribution < -0.4 is 0 Å². The number of amides is 1. The van der Waals surface area contributed by atoms with Gasteiger partial charge in [-0.15, -0.1) is 0 Å². The summed E-state index contributed by atoms with van der Waals surface area (Å²) < 4.78 is 0. The summed E-state index contributed by atoms with van der Waals surface area (Å²) in [4.78, 5) is 29.6. The lowest BCUT2D eigenvalue weighted by molar-refractivity contribution is -0.199. The van der Waals surface area contributed by atoms with Crippen molar-refractivity contribution in [1.82, 2.24) is 15.3 Å². The fraction of sp³-hybridized carbons (Fsp3) is 0.611. The Kier molecular flexibility index (Phi) is 4.34. The average Bonchev–Trinajstić information content (AvgIpc) is 3.17. The molecule has 6 nitrogen and oxygen atoms in total. The molecule has 0 bridgehead atoms. The van der Waals surface area contributed by atoms with Crippen LogP contribution in [0.1, 0.15) is 68.4 Å². The smallest absolute Gasteiger partial charge is 0.252 e. The number of nitrogens with zero attached hydrogens (tertiary/aromatic N) is 2. The van der Waals surface area contributed by atoms with E-state index in [1.54, 1.807) is 18.4 Å². The minimum atomic E-state index is -0.318. The molecule has 2 heterocycles. The van der Waals surface area contributed by atoms with Crippen molar-refractivity contribution in [2.45, 2.75) is 57.9 Å². The molecule has 1 aliphatic carbocycles. The highest BCUT2D eigenvalue weighted by molar-refractivity contribution is 5.86. The molecule has 1 saturated heterocycles. The van der Waals surface area contributed by atoms with Gasteiger partial charge in [-0.25, -0.2) is 5.06 Å². The summed E-state index contributed by atoms with van der Waals surface area (Å²) in [6, 6.07) is 0. The average molecular weight is 331 g/mol. The van der Waals surface area contributed by atoms with Crippen LogP contribution in [0.4, 0.5) is 0 Å². The molecule has 1 unspecified atom stereocenters. The van der Waals surface area contributed by atoms with Gasteiger partial charge in [0, 0.05) is 6.20 Å². The van der Waals surface area contributed by atoms with Crippen molar-refractivity contribution in [3.8, 4) is 0 Å². The Morgan fingerprint density at radius 2 is 2.17 bits per heavy atom. The second-order valence-electron chi connectivity index (χ2n) is 6.91. The molecule has 1 aromatic heterocycles. The summed E-state index contributed by atoms with van der Waals surface area (Å²) in [5.41, 5.74) is 1.78. The number of rotatable bonds is 5. The number of hydrogen-bond donors (Lipinski definition) is 1. The van der Waals surface area contributed by atoms with Crippen LogP contribution in [0.15, 0.2) is 12.3 Å². The van der Waals surface area contributed by atoms with Crippen LogP contribution in [-0.4, -0.2) is 40.1 Å². The molecular weight excluding hydrogens is 306 g/mol. The molecule has 0 saturated carbocycles. The summed E-state index contributed by atoms with van der Waals surface area (Å²) in [5.74, 6) is 0.111. The van der Waals surface area contributed by atoms with Crippen molar-refractivity contribution in [1.29, 1.82) is 0 Å². The van der Waals surface area contributed by atoms with Crippen LogP contribution in [0.25, 0.3) is 5.57 Å². The van der Waals surface area contributed by atoms with Gasteiger partial charge < -0.3 is 0 Å². The van der Waals surface area contributed by atoms with Crippen LogP contribution in [0, 0.1) is 5.41 Å². The van der Waals surface area contributed by atoms with Crippen LogP contribution in [-0.2, 0) is 9.63 Å². The van der Waals surface area contributed by atoms with Gasteiger partial charge in [-0.1, -0.05) is 19.9 Å². The van der Waals surface area contributed by atoms with Gasteiger partial charge in [-0.05, 0) is 44.1 Å². The maximum absolute atomic E-state index is 12.9. The number of allylic oxidation sites excluding steroid dienone is 1. The SMILES string of the molecule is CCC1(CC)CC2(CC=C(c3n[nH]cc3C=O)CC2)N(OC)C1=O. The first-order valence-electron chi connectivity index (χ1n) is 8.63. The molecule has 0 radical (unpaired) electrons. The predicted molar refractivity (Wildman–Crippen MR) is 90.0 cm³/mol.